The normalized spacial score (nSPS) is 21.4. The molecule has 1 aromatic heterocycles. The Morgan fingerprint density at radius 2 is 1.64 bits per heavy atom. The van der Waals surface area contributed by atoms with E-state index < -0.39 is 0 Å². The summed E-state index contributed by atoms with van der Waals surface area (Å²) in [5, 5.41) is 15.9. The van der Waals surface area contributed by atoms with E-state index in [4.69, 9.17) is 4.74 Å². The van der Waals surface area contributed by atoms with Crippen molar-refractivity contribution in [3.05, 3.63) is 70.8 Å². The van der Waals surface area contributed by atoms with Gasteiger partial charge >= 0.3 is 0 Å². The average molecular weight is 573 g/mol. The molecule has 11 nitrogen and oxygen atoms in total. The van der Waals surface area contributed by atoms with Gasteiger partial charge in [0.05, 0.1) is 19.3 Å². The third-order valence-electron chi connectivity index (χ3n) is 8.84. The van der Waals surface area contributed by atoms with Crippen molar-refractivity contribution in [2.24, 2.45) is 11.8 Å². The molecule has 3 aliphatic rings. The van der Waals surface area contributed by atoms with Gasteiger partial charge in [0.25, 0.3) is 11.9 Å². The fourth-order valence-corrected chi connectivity index (χ4v) is 6.63. The number of fused-ring (bicyclic) bond motifs is 1. The van der Waals surface area contributed by atoms with Gasteiger partial charge < -0.3 is 24.8 Å². The Balaban J connectivity index is 1.03. The standard InChI is InChI=1S/C31H40N8O3/c1-22-7-6-8-23(2)29(22)30(41)38-19-25-17-36(18-26(25)20-38)12-11-27(24-9-4-3-5-10-24)32-28(40)21-39-34-31(33-35-39)37-13-15-42-16-14-37/h3-10,25-27H,11-21H2,1-2H3,(H,32,40)/t25-,26?,27?/m0/s1. The van der Waals surface area contributed by atoms with Crippen LogP contribution in [0.25, 0.3) is 0 Å². The van der Waals surface area contributed by atoms with Gasteiger partial charge in [0, 0.05) is 51.4 Å². The number of aryl methyl sites for hydroxylation is 2. The number of nitrogens with one attached hydrogen (secondary N) is 1. The van der Waals surface area contributed by atoms with E-state index in [-0.39, 0.29) is 24.4 Å². The summed E-state index contributed by atoms with van der Waals surface area (Å²) in [6.07, 6.45) is 0.796. The number of anilines is 1. The van der Waals surface area contributed by atoms with Gasteiger partial charge in [0.15, 0.2) is 0 Å². The Morgan fingerprint density at radius 1 is 0.952 bits per heavy atom. The number of likely N-dealkylation sites (tertiary alicyclic amines) is 2. The Bertz CT molecular complexity index is 1360. The summed E-state index contributed by atoms with van der Waals surface area (Å²) < 4.78 is 5.39. The second-order valence-electron chi connectivity index (χ2n) is 11.8. The highest BCUT2D eigenvalue weighted by Crippen LogP contribution is 2.33. The molecule has 3 aromatic rings. The molecule has 0 radical (unpaired) electrons. The minimum Gasteiger partial charge on any atom is -0.378 e. The number of hydrogen-bond donors (Lipinski definition) is 1. The van der Waals surface area contributed by atoms with E-state index in [1.54, 1.807) is 0 Å². The topological polar surface area (TPSA) is 109 Å². The Morgan fingerprint density at radius 3 is 2.33 bits per heavy atom. The highest BCUT2D eigenvalue weighted by Gasteiger charge is 2.42. The number of amides is 2. The molecule has 42 heavy (non-hydrogen) atoms. The lowest BCUT2D eigenvalue weighted by Crippen LogP contribution is -2.37. The van der Waals surface area contributed by atoms with E-state index in [0.29, 0.717) is 44.1 Å². The van der Waals surface area contributed by atoms with Crippen molar-refractivity contribution in [3.8, 4) is 0 Å². The SMILES string of the molecule is Cc1cccc(C)c1C(=O)N1CC2CN(CCC(NC(=O)Cn3nnc(N4CCOCC4)n3)c3ccccc3)C[C@H]2C1. The van der Waals surface area contributed by atoms with Crippen LogP contribution in [0.3, 0.4) is 0 Å². The summed E-state index contributed by atoms with van der Waals surface area (Å²) in [5.41, 5.74) is 4.03. The van der Waals surface area contributed by atoms with Crippen LogP contribution in [0.15, 0.2) is 48.5 Å². The summed E-state index contributed by atoms with van der Waals surface area (Å²) in [4.78, 5) is 34.3. The molecular formula is C31H40N8O3. The highest BCUT2D eigenvalue weighted by molar-refractivity contribution is 5.97. The number of aromatic nitrogens is 4. The van der Waals surface area contributed by atoms with Crippen LogP contribution in [-0.4, -0.2) is 101 Å². The zero-order chi connectivity index (χ0) is 29.1. The second-order valence-corrected chi connectivity index (χ2v) is 11.8. The van der Waals surface area contributed by atoms with E-state index in [1.165, 1.54) is 4.80 Å². The molecule has 6 rings (SSSR count). The lowest BCUT2D eigenvalue weighted by atomic mass is 10.0. The Kier molecular flexibility index (Phi) is 8.48. The number of tetrazole rings is 1. The first-order valence-electron chi connectivity index (χ1n) is 15.0. The van der Waals surface area contributed by atoms with Gasteiger partial charge in [0.2, 0.25) is 5.91 Å². The number of morpholine rings is 1. The van der Waals surface area contributed by atoms with E-state index in [2.05, 4.69) is 42.7 Å². The number of hydrogen-bond acceptors (Lipinski definition) is 8. The van der Waals surface area contributed by atoms with Gasteiger partial charge in [-0.15, -0.1) is 5.10 Å². The fraction of sp³-hybridized carbons (Fsp3) is 0.516. The molecule has 0 spiro atoms. The van der Waals surface area contributed by atoms with Crippen molar-refractivity contribution >= 4 is 17.8 Å². The van der Waals surface area contributed by atoms with Crippen LogP contribution in [0.1, 0.15) is 39.5 Å². The predicted octanol–water partition coefficient (Wildman–Crippen LogP) is 2.08. The molecule has 4 heterocycles. The second kappa shape index (κ2) is 12.6. The van der Waals surface area contributed by atoms with E-state index in [9.17, 15) is 9.59 Å². The monoisotopic (exact) mass is 572 g/mol. The van der Waals surface area contributed by atoms with Crippen LogP contribution in [0, 0.1) is 25.7 Å². The summed E-state index contributed by atoms with van der Waals surface area (Å²) in [6, 6.07) is 16.0. The largest absolute Gasteiger partial charge is 0.378 e. The molecule has 0 aliphatic carbocycles. The predicted molar refractivity (Wildman–Crippen MR) is 158 cm³/mol. The highest BCUT2D eigenvalue weighted by atomic mass is 16.5. The first kappa shape index (κ1) is 28.3. The molecule has 1 N–H and O–H groups in total. The molecule has 2 aromatic carbocycles. The quantitative estimate of drug-likeness (QED) is 0.415. The molecule has 3 aliphatic heterocycles. The first-order chi connectivity index (χ1) is 20.4. The molecule has 3 atom stereocenters. The van der Waals surface area contributed by atoms with Gasteiger partial charge in [-0.3, -0.25) is 9.59 Å². The summed E-state index contributed by atoms with van der Waals surface area (Å²) >= 11 is 0. The van der Waals surface area contributed by atoms with Crippen LogP contribution in [0.4, 0.5) is 5.95 Å². The zero-order valence-electron chi connectivity index (χ0n) is 24.5. The maximum Gasteiger partial charge on any atom is 0.266 e. The molecule has 11 heteroatoms. The lowest BCUT2D eigenvalue weighted by molar-refractivity contribution is -0.122. The summed E-state index contributed by atoms with van der Waals surface area (Å²) in [7, 11) is 0. The number of benzene rings is 2. The molecule has 3 saturated heterocycles. The molecule has 2 unspecified atom stereocenters. The number of rotatable bonds is 9. The minimum atomic E-state index is -0.145. The molecule has 222 valence electrons. The average Bonchev–Trinajstić information content (AvgIpc) is 3.72. The third kappa shape index (κ3) is 6.32. The van der Waals surface area contributed by atoms with Crippen LogP contribution < -0.4 is 10.2 Å². The van der Waals surface area contributed by atoms with Crippen molar-refractivity contribution in [1.82, 2.24) is 35.3 Å². The van der Waals surface area contributed by atoms with E-state index in [0.717, 1.165) is 61.4 Å². The third-order valence-corrected chi connectivity index (χ3v) is 8.84. The fourth-order valence-electron chi connectivity index (χ4n) is 6.63. The van der Waals surface area contributed by atoms with Gasteiger partial charge in [-0.2, -0.15) is 4.80 Å². The van der Waals surface area contributed by atoms with Gasteiger partial charge in [0.1, 0.15) is 6.54 Å². The maximum absolute atomic E-state index is 13.3. The maximum atomic E-state index is 13.3. The smallest absolute Gasteiger partial charge is 0.266 e. The number of ether oxygens (including phenoxy) is 1. The van der Waals surface area contributed by atoms with E-state index >= 15 is 0 Å². The molecule has 2 amide bonds. The lowest BCUT2D eigenvalue weighted by Gasteiger charge is -2.25. The van der Waals surface area contributed by atoms with Crippen molar-refractivity contribution in [1.29, 1.82) is 0 Å². The van der Waals surface area contributed by atoms with E-state index in [1.807, 2.05) is 55.1 Å². The van der Waals surface area contributed by atoms with Crippen LogP contribution >= 0.6 is 0 Å². The Labute approximate surface area is 246 Å². The number of nitrogens with zero attached hydrogens (tertiary/aromatic N) is 7. The van der Waals surface area contributed by atoms with Crippen molar-refractivity contribution in [3.63, 3.8) is 0 Å². The van der Waals surface area contributed by atoms with Crippen molar-refractivity contribution in [2.75, 3.05) is 63.9 Å². The number of carbonyl (C=O) groups is 2. The number of carbonyl (C=O) groups excluding carboxylic acids is 2. The van der Waals surface area contributed by atoms with Gasteiger partial charge in [-0.25, -0.2) is 0 Å². The van der Waals surface area contributed by atoms with Gasteiger partial charge in [-0.05, 0) is 54.0 Å². The first-order valence-corrected chi connectivity index (χ1v) is 15.0. The summed E-state index contributed by atoms with van der Waals surface area (Å²) in [5.74, 6) is 1.52. The van der Waals surface area contributed by atoms with Crippen LogP contribution in [0.2, 0.25) is 0 Å². The van der Waals surface area contributed by atoms with Crippen LogP contribution in [0.5, 0.6) is 0 Å². The molecule has 0 bridgehead atoms. The zero-order valence-corrected chi connectivity index (χ0v) is 24.5. The molecule has 3 fully saturated rings. The van der Waals surface area contributed by atoms with Crippen molar-refractivity contribution < 1.29 is 14.3 Å². The van der Waals surface area contributed by atoms with Crippen LogP contribution in [-0.2, 0) is 16.1 Å². The summed E-state index contributed by atoms with van der Waals surface area (Å²) in [6.45, 7) is 11.2. The minimum absolute atomic E-state index is 0.0127. The molecular weight excluding hydrogens is 532 g/mol. The molecule has 0 saturated carbocycles. The Hall–Kier alpha value is -3.83. The van der Waals surface area contributed by atoms with Gasteiger partial charge in [-0.1, -0.05) is 53.6 Å². The van der Waals surface area contributed by atoms with Crippen molar-refractivity contribution in [2.45, 2.75) is 32.9 Å².